The molecule has 1 amide bonds. The number of pyridine rings is 1. The highest BCUT2D eigenvalue weighted by Crippen LogP contribution is 2.37. The van der Waals surface area contributed by atoms with Crippen LogP contribution in [0.15, 0.2) is 91.4 Å². The molecule has 0 aliphatic heterocycles. The highest BCUT2D eigenvalue weighted by Gasteiger charge is 2.38. The fourth-order valence-electron chi connectivity index (χ4n) is 4.19. The monoisotopic (exact) mass is 582 g/mol. The lowest BCUT2D eigenvalue weighted by Gasteiger charge is -2.23. The summed E-state index contributed by atoms with van der Waals surface area (Å²) >= 11 is 0. The van der Waals surface area contributed by atoms with E-state index in [9.17, 15) is 26.7 Å². The standard InChI is InChI=1S/C28H22F2N4O.C2HF3O2/c1-34(23-5-4-10-31-17-23)27-9-8-22(15-25(27)18-11-20(29)14-21(30)12-18)33-28(35)13-19-16-32-26-7-3-2-6-24(19)26;3-2(4,5)1(6)7/h2-12,14-17,32H,13H2,1H3,(H,33,35);(H,6,7). The highest BCUT2D eigenvalue weighted by molar-refractivity contribution is 5.97. The Balaban J connectivity index is 0.000000517. The van der Waals surface area contributed by atoms with E-state index < -0.39 is 23.8 Å². The summed E-state index contributed by atoms with van der Waals surface area (Å²) in [5.41, 5.74) is 4.82. The van der Waals surface area contributed by atoms with E-state index in [4.69, 9.17) is 9.90 Å². The van der Waals surface area contributed by atoms with Gasteiger partial charge in [-0.25, -0.2) is 13.6 Å². The van der Waals surface area contributed by atoms with E-state index in [1.54, 1.807) is 24.5 Å². The maximum Gasteiger partial charge on any atom is 0.490 e. The van der Waals surface area contributed by atoms with Crippen LogP contribution in [0, 0.1) is 11.6 Å². The van der Waals surface area contributed by atoms with Crippen LogP contribution in [0.3, 0.4) is 0 Å². The second-order valence-corrected chi connectivity index (χ2v) is 9.05. The van der Waals surface area contributed by atoms with Crippen LogP contribution in [0.25, 0.3) is 22.0 Å². The lowest BCUT2D eigenvalue weighted by molar-refractivity contribution is -0.192. The van der Waals surface area contributed by atoms with Crippen molar-refractivity contribution in [2.75, 3.05) is 17.3 Å². The number of H-pyrrole nitrogens is 1. The third kappa shape index (κ3) is 7.27. The van der Waals surface area contributed by atoms with E-state index in [2.05, 4.69) is 15.3 Å². The summed E-state index contributed by atoms with van der Waals surface area (Å²) in [6.45, 7) is 0. The van der Waals surface area contributed by atoms with Crippen LogP contribution in [-0.2, 0) is 16.0 Å². The molecule has 0 unspecified atom stereocenters. The SMILES string of the molecule is CN(c1cccnc1)c1ccc(NC(=O)Cc2c[nH]c3ccccc23)cc1-c1cc(F)cc(F)c1.O=C(O)C(F)(F)F. The molecule has 0 radical (unpaired) electrons. The van der Waals surface area contributed by atoms with E-state index in [0.29, 0.717) is 22.5 Å². The van der Waals surface area contributed by atoms with Gasteiger partial charge >= 0.3 is 12.1 Å². The number of anilines is 3. The normalized spacial score (nSPS) is 11.0. The van der Waals surface area contributed by atoms with Crippen molar-refractivity contribution >= 4 is 39.8 Å². The maximum atomic E-state index is 14.1. The molecule has 0 saturated heterocycles. The molecule has 2 heterocycles. The van der Waals surface area contributed by atoms with E-state index in [-0.39, 0.29) is 12.3 Å². The number of rotatable bonds is 6. The van der Waals surface area contributed by atoms with Gasteiger partial charge in [0.05, 0.1) is 18.3 Å². The van der Waals surface area contributed by atoms with Gasteiger partial charge in [0.2, 0.25) is 5.91 Å². The number of aromatic amines is 1. The van der Waals surface area contributed by atoms with Gasteiger partial charge in [0.1, 0.15) is 11.6 Å². The molecule has 0 spiro atoms. The van der Waals surface area contributed by atoms with Gasteiger partial charge in [0.25, 0.3) is 0 Å². The van der Waals surface area contributed by atoms with Crippen molar-refractivity contribution in [2.24, 2.45) is 0 Å². The van der Waals surface area contributed by atoms with E-state index in [0.717, 1.165) is 28.2 Å². The summed E-state index contributed by atoms with van der Waals surface area (Å²) in [6, 6.07) is 20.2. The number of aromatic nitrogens is 2. The third-order valence-electron chi connectivity index (χ3n) is 6.12. The van der Waals surface area contributed by atoms with Crippen LogP contribution in [0.4, 0.5) is 39.0 Å². The van der Waals surface area contributed by atoms with E-state index >= 15 is 0 Å². The van der Waals surface area contributed by atoms with Crippen molar-refractivity contribution in [3.05, 3.63) is 109 Å². The second-order valence-electron chi connectivity index (χ2n) is 9.05. The van der Waals surface area contributed by atoms with Crippen LogP contribution < -0.4 is 10.2 Å². The smallest absolute Gasteiger partial charge is 0.475 e. The first kappa shape index (κ1) is 29.7. The molecule has 5 rings (SSSR count). The predicted octanol–water partition coefficient (Wildman–Crippen LogP) is 7.09. The number of benzene rings is 3. The van der Waals surface area contributed by atoms with Crippen molar-refractivity contribution in [2.45, 2.75) is 12.6 Å². The van der Waals surface area contributed by atoms with Crippen LogP contribution in [0.1, 0.15) is 5.56 Å². The van der Waals surface area contributed by atoms with Crippen LogP contribution in [0.5, 0.6) is 0 Å². The molecule has 0 aliphatic carbocycles. The number of carbonyl (C=O) groups is 2. The molecule has 0 bridgehead atoms. The summed E-state index contributed by atoms with van der Waals surface area (Å²) in [6.07, 6.45) is 0.307. The number of carboxylic acids is 1. The number of nitrogens with zero attached hydrogens (tertiary/aromatic N) is 2. The Bertz CT molecular complexity index is 1700. The molecule has 12 heteroatoms. The number of aliphatic carboxylic acids is 1. The molecule has 3 N–H and O–H groups in total. The number of alkyl halides is 3. The average molecular weight is 583 g/mol. The first-order valence-corrected chi connectivity index (χ1v) is 12.3. The van der Waals surface area contributed by atoms with Crippen LogP contribution in [-0.4, -0.2) is 40.2 Å². The summed E-state index contributed by atoms with van der Waals surface area (Å²) in [7, 11) is 1.85. The number of carboxylic acid groups (broad SMARTS) is 1. The molecule has 0 saturated carbocycles. The Morgan fingerprint density at radius 1 is 0.976 bits per heavy atom. The maximum absolute atomic E-state index is 14.1. The average Bonchev–Trinajstić information content (AvgIpc) is 3.35. The van der Waals surface area contributed by atoms with Crippen molar-refractivity contribution in [1.82, 2.24) is 9.97 Å². The van der Waals surface area contributed by atoms with Crippen molar-refractivity contribution in [1.29, 1.82) is 0 Å². The molecule has 0 aliphatic rings. The number of carbonyl (C=O) groups excluding carboxylic acids is 1. The molecule has 0 atom stereocenters. The number of amides is 1. The number of hydrogen-bond acceptors (Lipinski definition) is 4. The van der Waals surface area contributed by atoms with Crippen molar-refractivity contribution < 1.29 is 36.6 Å². The van der Waals surface area contributed by atoms with E-state index in [1.165, 1.54) is 12.1 Å². The largest absolute Gasteiger partial charge is 0.490 e. The van der Waals surface area contributed by atoms with Gasteiger partial charge in [0, 0.05) is 53.3 Å². The molecular formula is C30H23F5N4O3. The molecular weight excluding hydrogens is 559 g/mol. The fraction of sp³-hybridized carbons (Fsp3) is 0.100. The number of para-hydroxylation sites is 1. The Morgan fingerprint density at radius 2 is 1.67 bits per heavy atom. The molecule has 42 heavy (non-hydrogen) atoms. The van der Waals surface area contributed by atoms with Crippen LogP contribution >= 0.6 is 0 Å². The topological polar surface area (TPSA) is 98.3 Å². The molecule has 7 nitrogen and oxygen atoms in total. The van der Waals surface area contributed by atoms with E-state index in [1.807, 2.05) is 60.6 Å². The minimum atomic E-state index is -5.08. The summed E-state index contributed by atoms with van der Waals surface area (Å²) in [5, 5.41) is 11.0. The van der Waals surface area contributed by atoms with Gasteiger partial charge in [0.15, 0.2) is 0 Å². The fourth-order valence-corrected chi connectivity index (χ4v) is 4.19. The number of halogens is 5. The molecule has 0 fully saturated rings. The lowest BCUT2D eigenvalue weighted by Crippen LogP contribution is -2.21. The zero-order chi connectivity index (χ0) is 30.4. The lowest BCUT2D eigenvalue weighted by atomic mass is 10.0. The molecule has 5 aromatic rings. The van der Waals surface area contributed by atoms with Crippen molar-refractivity contribution in [3.63, 3.8) is 0 Å². The first-order chi connectivity index (χ1) is 19.9. The minimum Gasteiger partial charge on any atom is -0.475 e. The number of fused-ring (bicyclic) bond motifs is 1. The zero-order valence-corrected chi connectivity index (χ0v) is 21.9. The first-order valence-electron chi connectivity index (χ1n) is 12.3. The van der Waals surface area contributed by atoms with Gasteiger partial charge in [-0.2, -0.15) is 13.2 Å². The summed E-state index contributed by atoms with van der Waals surface area (Å²) < 4.78 is 59.9. The van der Waals surface area contributed by atoms with Crippen molar-refractivity contribution in [3.8, 4) is 11.1 Å². The Hall–Kier alpha value is -5.26. The quantitative estimate of drug-likeness (QED) is 0.186. The van der Waals surface area contributed by atoms with Gasteiger partial charge < -0.3 is 20.3 Å². The predicted molar refractivity (Wildman–Crippen MR) is 148 cm³/mol. The van der Waals surface area contributed by atoms with Gasteiger partial charge in [-0.1, -0.05) is 18.2 Å². The molecule has 2 aromatic heterocycles. The third-order valence-corrected chi connectivity index (χ3v) is 6.12. The zero-order valence-electron chi connectivity index (χ0n) is 21.9. The summed E-state index contributed by atoms with van der Waals surface area (Å²) in [4.78, 5) is 31.0. The Labute approximate surface area is 236 Å². The summed E-state index contributed by atoms with van der Waals surface area (Å²) in [5.74, 6) is -4.31. The van der Waals surface area contributed by atoms with Gasteiger partial charge in [-0.3, -0.25) is 9.78 Å². The second kappa shape index (κ2) is 12.5. The van der Waals surface area contributed by atoms with Gasteiger partial charge in [-0.15, -0.1) is 0 Å². The van der Waals surface area contributed by atoms with Crippen LogP contribution in [0.2, 0.25) is 0 Å². The molecule has 3 aromatic carbocycles. The number of hydrogen-bond donors (Lipinski definition) is 3. The molecule has 216 valence electrons. The number of nitrogens with one attached hydrogen (secondary N) is 2. The minimum absolute atomic E-state index is 0.186. The Kier molecular flexibility index (Phi) is 8.84. The highest BCUT2D eigenvalue weighted by atomic mass is 19.4. The Morgan fingerprint density at radius 3 is 2.31 bits per heavy atom. The van der Waals surface area contributed by atoms with Gasteiger partial charge in [-0.05, 0) is 59.7 Å².